The minimum absolute atomic E-state index is 0.00197. The summed E-state index contributed by atoms with van der Waals surface area (Å²) in [7, 11) is 0. The summed E-state index contributed by atoms with van der Waals surface area (Å²) in [5.74, 6) is 0.606. The number of benzene rings is 1. The van der Waals surface area contributed by atoms with Gasteiger partial charge in [0.05, 0.1) is 6.61 Å². The number of anilines is 1. The molecule has 1 aliphatic rings. The number of nitrogens with one attached hydrogen (secondary N) is 1. The van der Waals surface area contributed by atoms with Crippen molar-refractivity contribution in [1.29, 1.82) is 0 Å². The van der Waals surface area contributed by atoms with E-state index in [4.69, 9.17) is 4.74 Å². The zero-order valence-electron chi connectivity index (χ0n) is 12.9. The van der Waals surface area contributed by atoms with Crippen LogP contribution in [0.2, 0.25) is 0 Å². The molecule has 0 aliphatic heterocycles. The highest BCUT2D eigenvalue weighted by Crippen LogP contribution is 2.30. The Kier molecular flexibility index (Phi) is 4.48. The smallest absolute Gasteiger partial charge is 0.253 e. The van der Waals surface area contributed by atoms with E-state index in [0.29, 0.717) is 12.5 Å². The Morgan fingerprint density at radius 1 is 1.35 bits per heavy atom. The second-order valence-electron chi connectivity index (χ2n) is 6.70. The molecule has 1 N–H and O–H groups in total. The van der Waals surface area contributed by atoms with E-state index in [1.165, 1.54) is 12.8 Å². The Morgan fingerprint density at radius 3 is 2.60 bits per heavy atom. The van der Waals surface area contributed by atoms with Crippen LogP contribution in [-0.2, 0) is 14.9 Å². The van der Waals surface area contributed by atoms with Crippen molar-refractivity contribution in [3.05, 3.63) is 29.8 Å². The van der Waals surface area contributed by atoms with Gasteiger partial charge in [0.15, 0.2) is 0 Å². The summed E-state index contributed by atoms with van der Waals surface area (Å²) < 4.78 is 5.61. The maximum atomic E-state index is 12.2. The van der Waals surface area contributed by atoms with E-state index in [-0.39, 0.29) is 11.3 Å². The molecule has 110 valence electrons. The molecule has 1 aliphatic carbocycles. The van der Waals surface area contributed by atoms with Crippen LogP contribution in [0.1, 0.15) is 46.1 Å². The molecule has 1 fully saturated rings. The summed E-state index contributed by atoms with van der Waals surface area (Å²) in [6, 6.07) is 7.96. The van der Waals surface area contributed by atoms with Crippen molar-refractivity contribution in [2.24, 2.45) is 5.92 Å². The molecule has 1 saturated carbocycles. The number of para-hydroxylation sites is 1. The number of hydrogen-bond donors (Lipinski definition) is 1. The van der Waals surface area contributed by atoms with Gasteiger partial charge in [-0.25, -0.2) is 0 Å². The van der Waals surface area contributed by atoms with E-state index < -0.39 is 6.10 Å². The molecule has 0 aromatic heterocycles. The van der Waals surface area contributed by atoms with E-state index in [9.17, 15) is 4.79 Å². The standard InChI is InChI=1S/C17H25NO2/c1-12(20-11-13-9-10-13)16(19)18-15-8-6-5-7-14(15)17(2,3)4/h5-8,12-13H,9-11H2,1-4H3,(H,18,19). The Balaban J connectivity index is 1.99. The van der Waals surface area contributed by atoms with Gasteiger partial charge >= 0.3 is 0 Å². The molecule has 0 radical (unpaired) electrons. The fraction of sp³-hybridized carbons (Fsp3) is 0.588. The lowest BCUT2D eigenvalue weighted by atomic mass is 9.86. The van der Waals surface area contributed by atoms with Crippen molar-refractivity contribution in [2.75, 3.05) is 11.9 Å². The second kappa shape index (κ2) is 5.96. The van der Waals surface area contributed by atoms with Crippen molar-refractivity contribution in [3.8, 4) is 0 Å². The molecule has 0 spiro atoms. The Morgan fingerprint density at radius 2 is 2.00 bits per heavy atom. The van der Waals surface area contributed by atoms with Crippen molar-refractivity contribution in [1.82, 2.24) is 0 Å². The molecule has 1 aromatic rings. The summed E-state index contributed by atoms with van der Waals surface area (Å²) in [6.07, 6.45) is 2.08. The summed E-state index contributed by atoms with van der Waals surface area (Å²) in [5.41, 5.74) is 2.02. The van der Waals surface area contributed by atoms with Gasteiger partial charge in [-0.2, -0.15) is 0 Å². The third kappa shape index (κ3) is 4.07. The molecule has 1 amide bonds. The first-order valence-electron chi connectivity index (χ1n) is 7.40. The molecule has 0 heterocycles. The lowest BCUT2D eigenvalue weighted by molar-refractivity contribution is -0.126. The van der Waals surface area contributed by atoms with Gasteiger partial charge in [0.2, 0.25) is 0 Å². The van der Waals surface area contributed by atoms with Crippen molar-refractivity contribution in [3.63, 3.8) is 0 Å². The van der Waals surface area contributed by atoms with Gasteiger partial charge in [-0.05, 0) is 42.7 Å². The molecular weight excluding hydrogens is 250 g/mol. The van der Waals surface area contributed by atoms with E-state index in [0.717, 1.165) is 11.3 Å². The van der Waals surface area contributed by atoms with Crippen LogP contribution in [0.4, 0.5) is 5.69 Å². The summed E-state index contributed by atoms with van der Waals surface area (Å²) in [4.78, 5) is 12.2. The van der Waals surface area contributed by atoms with Crippen LogP contribution in [0, 0.1) is 5.92 Å². The predicted molar refractivity (Wildman–Crippen MR) is 81.9 cm³/mol. The molecule has 1 atom stereocenters. The van der Waals surface area contributed by atoms with E-state index in [1.807, 2.05) is 25.1 Å². The van der Waals surface area contributed by atoms with Gasteiger partial charge < -0.3 is 10.1 Å². The SMILES string of the molecule is CC(OCC1CC1)C(=O)Nc1ccccc1C(C)(C)C. The van der Waals surface area contributed by atoms with Gasteiger partial charge in [0.25, 0.3) is 5.91 Å². The van der Waals surface area contributed by atoms with Gasteiger partial charge in [-0.15, -0.1) is 0 Å². The Labute approximate surface area is 121 Å². The normalized spacial score (nSPS) is 16.8. The molecule has 1 aromatic carbocycles. The van der Waals surface area contributed by atoms with E-state index in [2.05, 4.69) is 32.2 Å². The molecule has 0 bridgehead atoms. The minimum atomic E-state index is -0.399. The van der Waals surface area contributed by atoms with Crippen LogP contribution >= 0.6 is 0 Å². The van der Waals surface area contributed by atoms with Gasteiger partial charge in [-0.3, -0.25) is 4.79 Å². The van der Waals surface area contributed by atoms with Crippen molar-refractivity contribution in [2.45, 2.75) is 52.1 Å². The molecule has 0 saturated heterocycles. The summed E-state index contributed by atoms with van der Waals surface area (Å²) in [6.45, 7) is 8.95. The number of amides is 1. The number of hydrogen-bond acceptors (Lipinski definition) is 2. The zero-order chi connectivity index (χ0) is 14.8. The minimum Gasteiger partial charge on any atom is -0.368 e. The molecule has 20 heavy (non-hydrogen) atoms. The number of rotatable bonds is 5. The van der Waals surface area contributed by atoms with Crippen LogP contribution < -0.4 is 5.32 Å². The maximum Gasteiger partial charge on any atom is 0.253 e. The van der Waals surface area contributed by atoms with Gasteiger partial charge in [0, 0.05) is 5.69 Å². The number of carbonyl (C=O) groups is 1. The maximum absolute atomic E-state index is 12.2. The van der Waals surface area contributed by atoms with Crippen LogP contribution in [0.15, 0.2) is 24.3 Å². The highest BCUT2D eigenvalue weighted by Gasteiger charge is 2.25. The van der Waals surface area contributed by atoms with Gasteiger partial charge in [0.1, 0.15) is 6.10 Å². The monoisotopic (exact) mass is 275 g/mol. The van der Waals surface area contributed by atoms with E-state index in [1.54, 1.807) is 0 Å². The second-order valence-corrected chi connectivity index (χ2v) is 6.70. The van der Waals surface area contributed by atoms with Gasteiger partial charge in [-0.1, -0.05) is 39.0 Å². The lowest BCUT2D eigenvalue weighted by Crippen LogP contribution is -2.29. The Bertz CT molecular complexity index is 472. The first kappa shape index (κ1) is 15.0. The molecular formula is C17H25NO2. The first-order valence-corrected chi connectivity index (χ1v) is 7.40. The van der Waals surface area contributed by atoms with Crippen LogP contribution in [0.3, 0.4) is 0 Å². The molecule has 3 heteroatoms. The summed E-state index contributed by atoms with van der Waals surface area (Å²) in [5, 5.41) is 3.00. The molecule has 2 rings (SSSR count). The molecule has 1 unspecified atom stereocenters. The zero-order valence-corrected chi connectivity index (χ0v) is 12.9. The quantitative estimate of drug-likeness (QED) is 0.889. The Hall–Kier alpha value is -1.35. The fourth-order valence-electron chi connectivity index (χ4n) is 2.12. The topological polar surface area (TPSA) is 38.3 Å². The molecule has 3 nitrogen and oxygen atoms in total. The number of carbonyl (C=O) groups excluding carboxylic acids is 1. The fourth-order valence-corrected chi connectivity index (χ4v) is 2.12. The van der Waals surface area contributed by atoms with Crippen LogP contribution in [0.5, 0.6) is 0 Å². The first-order chi connectivity index (χ1) is 9.38. The average molecular weight is 275 g/mol. The highest BCUT2D eigenvalue weighted by molar-refractivity contribution is 5.94. The van der Waals surface area contributed by atoms with Crippen LogP contribution in [-0.4, -0.2) is 18.6 Å². The average Bonchev–Trinajstić information content (AvgIpc) is 3.19. The third-order valence-corrected chi connectivity index (χ3v) is 3.64. The summed E-state index contributed by atoms with van der Waals surface area (Å²) >= 11 is 0. The van der Waals surface area contributed by atoms with Crippen LogP contribution in [0.25, 0.3) is 0 Å². The predicted octanol–water partition coefficient (Wildman–Crippen LogP) is 3.74. The van der Waals surface area contributed by atoms with E-state index >= 15 is 0 Å². The number of ether oxygens (including phenoxy) is 1. The third-order valence-electron chi connectivity index (χ3n) is 3.64. The van der Waals surface area contributed by atoms with Crippen molar-refractivity contribution >= 4 is 11.6 Å². The largest absolute Gasteiger partial charge is 0.368 e. The highest BCUT2D eigenvalue weighted by atomic mass is 16.5. The van der Waals surface area contributed by atoms with Crippen molar-refractivity contribution < 1.29 is 9.53 Å². The lowest BCUT2D eigenvalue weighted by Gasteiger charge is -2.23.